The van der Waals surface area contributed by atoms with Crippen molar-refractivity contribution >= 4 is 18.3 Å². The van der Waals surface area contributed by atoms with Gasteiger partial charge in [0.2, 0.25) is 5.91 Å². The number of nitrogens with one attached hydrogen (secondary N) is 1. The molecule has 0 fully saturated rings. The van der Waals surface area contributed by atoms with E-state index in [0.29, 0.717) is 6.54 Å². The monoisotopic (exact) mass is 346 g/mol. The molecule has 4 heteroatoms. The standard InChI is InChI=1S/C20H26N2O.ClH/c1-15(20(2,3)17-12-8-5-9-13-17)22-19(23)18(14-21)16-10-6-4-7-11-16;/h4-13,15,18H,14,21H2,1-3H3,(H,22,23);1H. The fraction of sp³-hybridized carbons (Fsp3) is 0.350. The van der Waals surface area contributed by atoms with Gasteiger partial charge in [-0.1, -0.05) is 74.5 Å². The minimum atomic E-state index is -0.315. The molecule has 0 saturated carbocycles. The molecule has 0 radical (unpaired) electrons. The number of amides is 1. The van der Waals surface area contributed by atoms with E-state index in [1.54, 1.807) is 0 Å². The van der Waals surface area contributed by atoms with Crippen molar-refractivity contribution in [2.24, 2.45) is 5.73 Å². The van der Waals surface area contributed by atoms with Crippen LogP contribution in [0.25, 0.3) is 0 Å². The van der Waals surface area contributed by atoms with Crippen molar-refractivity contribution in [2.75, 3.05) is 6.54 Å². The molecule has 2 rings (SSSR count). The van der Waals surface area contributed by atoms with Gasteiger partial charge >= 0.3 is 0 Å². The van der Waals surface area contributed by atoms with Crippen LogP contribution < -0.4 is 11.1 Å². The zero-order valence-electron chi connectivity index (χ0n) is 14.5. The second-order valence-electron chi connectivity index (χ2n) is 6.52. The van der Waals surface area contributed by atoms with Gasteiger partial charge in [0, 0.05) is 18.0 Å². The molecule has 2 aromatic carbocycles. The van der Waals surface area contributed by atoms with Gasteiger partial charge in [0.1, 0.15) is 0 Å². The fourth-order valence-corrected chi connectivity index (χ4v) is 2.69. The lowest BCUT2D eigenvalue weighted by Gasteiger charge is -2.34. The number of carbonyl (C=O) groups excluding carboxylic acids is 1. The van der Waals surface area contributed by atoms with Gasteiger partial charge in [-0.2, -0.15) is 0 Å². The second kappa shape index (κ2) is 8.86. The number of carbonyl (C=O) groups is 1. The summed E-state index contributed by atoms with van der Waals surface area (Å²) in [6.45, 7) is 6.64. The van der Waals surface area contributed by atoms with Crippen molar-refractivity contribution in [1.29, 1.82) is 0 Å². The van der Waals surface area contributed by atoms with E-state index in [4.69, 9.17) is 5.73 Å². The van der Waals surface area contributed by atoms with Crippen molar-refractivity contribution in [3.8, 4) is 0 Å². The largest absolute Gasteiger partial charge is 0.352 e. The number of halogens is 1. The van der Waals surface area contributed by atoms with Gasteiger partial charge in [0.15, 0.2) is 0 Å². The SMILES string of the molecule is CC(NC(=O)C(CN)c1ccccc1)C(C)(C)c1ccccc1.Cl. The van der Waals surface area contributed by atoms with Crippen LogP contribution in [0.1, 0.15) is 37.8 Å². The Balaban J connectivity index is 0.00000288. The zero-order valence-corrected chi connectivity index (χ0v) is 15.3. The molecule has 0 spiro atoms. The molecular formula is C20H27ClN2O. The highest BCUT2D eigenvalue weighted by Gasteiger charge is 2.30. The predicted octanol–water partition coefficient (Wildman–Crippen LogP) is 3.63. The first-order chi connectivity index (χ1) is 11.0. The maximum absolute atomic E-state index is 12.7. The average molecular weight is 347 g/mol. The molecular weight excluding hydrogens is 320 g/mol. The third-order valence-electron chi connectivity index (χ3n) is 4.71. The van der Waals surface area contributed by atoms with Gasteiger partial charge in [-0.3, -0.25) is 4.79 Å². The molecule has 0 aromatic heterocycles. The summed E-state index contributed by atoms with van der Waals surface area (Å²) in [4.78, 5) is 12.7. The molecule has 0 aliphatic carbocycles. The molecule has 24 heavy (non-hydrogen) atoms. The highest BCUT2D eigenvalue weighted by molar-refractivity contribution is 5.85. The first-order valence-corrected chi connectivity index (χ1v) is 8.07. The summed E-state index contributed by atoms with van der Waals surface area (Å²) in [5, 5.41) is 3.15. The second-order valence-corrected chi connectivity index (χ2v) is 6.52. The third-order valence-corrected chi connectivity index (χ3v) is 4.71. The summed E-state index contributed by atoms with van der Waals surface area (Å²) in [5.74, 6) is -0.333. The van der Waals surface area contributed by atoms with Crippen molar-refractivity contribution in [1.82, 2.24) is 5.32 Å². The van der Waals surface area contributed by atoms with Crippen LogP contribution in [0.2, 0.25) is 0 Å². The number of hydrogen-bond acceptors (Lipinski definition) is 2. The van der Waals surface area contributed by atoms with E-state index in [1.165, 1.54) is 5.56 Å². The van der Waals surface area contributed by atoms with Gasteiger partial charge in [-0.25, -0.2) is 0 Å². The van der Waals surface area contributed by atoms with Crippen LogP contribution in [-0.4, -0.2) is 18.5 Å². The van der Waals surface area contributed by atoms with Crippen LogP contribution in [0.15, 0.2) is 60.7 Å². The first-order valence-electron chi connectivity index (χ1n) is 8.07. The van der Waals surface area contributed by atoms with Crippen molar-refractivity contribution < 1.29 is 4.79 Å². The van der Waals surface area contributed by atoms with Gasteiger partial charge in [0.05, 0.1) is 5.92 Å². The molecule has 3 N–H and O–H groups in total. The fourth-order valence-electron chi connectivity index (χ4n) is 2.69. The summed E-state index contributed by atoms with van der Waals surface area (Å²) in [6, 6.07) is 19.9. The van der Waals surface area contributed by atoms with Crippen LogP contribution in [0.5, 0.6) is 0 Å². The van der Waals surface area contributed by atoms with Crippen LogP contribution in [0, 0.1) is 0 Å². The molecule has 2 atom stereocenters. The quantitative estimate of drug-likeness (QED) is 0.839. The highest BCUT2D eigenvalue weighted by Crippen LogP contribution is 2.27. The smallest absolute Gasteiger partial charge is 0.229 e. The molecule has 0 aliphatic heterocycles. The molecule has 0 aliphatic rings. The maximum atomic E-state index is 12.7. The normalized spacial score (nSPS) is 13.5. The number of benzene rings is 2. The molecule has 0 saturated heterocycles. The highest BCUT2D eigenvalue weighted by atomic mass is 35.5. The molecule has 130 valence electrons. The van der Waals surface area contributed by atoms with E-state index in [1.807, 2.05) is 55.5 Å². The Morgan fingerprint density at radius 1 is 1.04 bits per heavy atom. The summed E-state index contributed by atoms with van der Waals surface area (Å²) < 4.78 is 0. The topological polar surface area (TPSA) is 55.1 Å². The van der Waals surface area contributed by atoms with E-state index in [0.717, 1.165) is 5.56 Å². The Hall–Kier alpha value is -1.84. The maximum Gasteiger partial charge on any atom is 0.229 e. The summed E-state index contributed by atoms with van der Waals surface area (Å²) in [5.41, 5.74) is 7.84. The Labute approximate surface area is 151 Å². The van der Waals surface area contributed by atoms with E-state index in [9.17, 15) is 4.79 Å². The minimum absolute atomic E-state index is 0. The molecule has 2 unspecified atom stereocenters. The Morgan fingerprint density at radius 2 is 1.54 bits per heavy atom. The minimum Gasteiger partial charge on any atom is -0.352 e. The molecule has 2 aromatic rings. The van der Waals surface area contributed by atoms with E-state index in [-0.39, 0.29) is 35.7 Å². The van der Waals surface area contributed by atoms with Crippen LogP contribution >= 0.6 is 12.4 Å². The van der Waals surface area contributed by atoms with Crippen LogP contribution in [0.3, 0.4) is 0 Å². The van der Waals surface area contributed by atoms with Gasteiger partial charge in [0.25, 0.3) is 0 Å². The zero-order chi connectivity index (χ0) is 16.9. The van der Waals surface area contributed by atoms with Crippen molar-refractivity contribution in [2.45, 2.75) is 38.1 Å². The lowest BCUT2D eigenvalue weighted by molar-refractivity contribution is -0.123. The molecule has 0 bridgehead atoms. The summed E-state index contributed by atoms with van der Waals surface area (Å²) in [6.07, 6.45) is 0. The number of hydrogen-bond donors (Lipinski definition) is 2. The molecule has 1 amide bonds. The number of rotatable bonds is 6. The van der Waals surface area contributed by atoms with Crippen LogP contribution in [-0.2, 0) is 10.2 Å². The summed E-state index contributed by atoms with van der Waals surface area (Å²) >= 11 is 0. The Bertz CT molecular complexity index is 629. The number of nitrogens with two attached hydrogens (primary N) is 1. The molecule has 3 nitrogen and oxygen atoms in total. The lowest BCUT2D eigenvalue weighted by atomic mass is 9.78. The summed E-state index contributed by atoms with van der Waals surface area (Å²) in [7, 11) is 0. The first kappa shape index (κ1) is 20.2. The lowest BCUT2D eigenvalue weighted by Crippen LogP contribution is -2.47. The van der Waals surface area contributed by atoms with E-state index < -0.39 is 0 Å². The van der Waals surface area contributed by atoms with E-state index in [2.05, 4.69) is 31.3 Å². The predicted molar refractivity (Wildman–Crippen MR) is 103 cm³/mol. The van der Waals surface area contributed by atoms with Crippen LogP contribution in [0.4, 0.5) is 0 Å². The van der Waals surface area contributed by atoms with Crippen molar-refractivity contribution in [3.05, 3.63) is 71.8 Å². The Morgan fingerprint density at radius 3 is 2.04 bits per heavy atom. The third kappa shape index (κ3) is 4.59. The van der Waals surface area contributed by atoms with E-state index >= 15 is 0 Å². The van der Waals surface area contributed by atoms with Gasteiger partial charge in [-0.15, -0.1) is 12.4 Å². The molecule has 0 heterocycles. The van der Waals surface area contributed by atoms with Gasteiger partial charge < -0.3 is 11.1 Å². The Kier molecular flexibility index (Phi) is 7.46. The van der Waals surface area contributed by atoms with Gasteiger partial charge in [-0.05, 0) is 18.1 Å². The average Bonchev–Trinajstić information content (AvgIpc) is 2.57. The van der Waals surface area contributed by atoms with Crippen molar-refractivity contribution in [3.63, 3.8) is 0 Å².